The van der Waals surface area contributed by atoms with E-state index in [0.29, 0.717) is 6.61 Å². The number of hydrogen-bond donors (Lipinski definition) is 0. The third kappa shape index (κ3) is 3.93. The zero-order chi connectivity index (χ0) is 18.0. The van der Waals surface area contributed by atoms with Crippen molar-refractivity contribution in [2.75, 3.05) is 6.61 Å². The van der Waals surface area contributed by atoms with E-state index >= 15 is 0 Å². The highest BCUT2D eigenvalue weighted by molar-refractivity contribution is 7.99. The van der Waals surface area contributed by atoms with Gasteiger partial charge < -0.3 is 18.9 Å². The SMILES string of the molecule is CC(=O)O[C@H]1OC[C@H]2OC3(CCCCC3)O[C@@H]2[C@@H]1SCc1ccccc1. The Morgan fingerprint density at radius 1 is 1.19 bits per heavy atom. The van der Waals surface area contributed by atoms with E-state index in [1.807, 2.05) is 18.2 Å². The third-order valence-corrected chi connectivity index (χ3v) is 6.66. The number of thioether (sulfide) groups is 1. The first kappa shape index (κ1) is 18.3. The summed E-state index contributed by atoms with van der Waals surface area (Å²) in [6.45, 7) is 1.83. The molecule has 1 spiro atoms. The molecule has 1 aliphatic carbocycles. The van der Waals surface area contributed by atoms with E-state index in [2.05, 4.69) is 12.1 Å². The largest absolute Gasteiger partial charge is 0.435 e. The van der Waals surface area contributed by atoms with Crippen LogP contribution in [-0.2, 0) is 29.5 Å². The lowest BCUT2D eigenvalue weighted by atomic mass is 9.94. The smallest absolute Gasteiger partial charge is 0.304 e. The molecule has 0 bridgehead atoms. The average molecular weight is 378 g/mol. The lowest BCUT2D eigenvalue weighted by molar-refractivity contribution is -0.199. The van der Waals surface area contributed by atoms with Crippen molar-refractivity contribution in [3.63, 3.8) is 0 Å². The van der Waals surface area contributed by atoms with E-state index < -0.39 is 12.1 Å². The topological polar surface area (TPSA) is 54.0 Å². The average Bonchev–Trinajstić information content (AvgIpc) is 2.99. The van der Waals surface area contributed by atoms with Gasteiger partial charge in [0.15, 0.2) is 5.79 Å². The summed E-state index contributed by atoms with van der Waals surface area (Å²) >= 11 is 1.72. The Balaban J connectivity index is 1.50. The van der Waals surface area contributed by atoms with Gasteiger partial charge >= 0.3 is 5.97 Å². The highest BCUT2D eigenvalue weighted by Crippen LogP contribution is 2.46. The minimum atomic E-state index is -0.593. The van der Waals surface area contributed by atoms with Crippen LogP contribution in [0.1, 0.15) is 44.6 Å². The van der Waals surface area contributed by atoms with Crippen LogP contribution in [0.25, 0.3) is 0 Å². The number of carbonyl (C=O) groups excluding carboxylic acids is 1. The number of esters is 1. The molecule has 0 radical (unpaired) electrons. The van der Waals surface area contributed by atoms with Gasteiger partial charge in [-0.05, 0) is 18.4 Å². The van der Waals surface area contributed by atoms with Crippen LogP contribution in [0.2, 0.25) is 0 Å². The second-order valence-corrected chi connectivity index (χ2v) is 8.45. The molecule has 2 heterocycles. The Morgan fingerprint density at radius 2 is 1.96 bits per heavy atom. The predicted molar refractivity (Wildman–Crippen MR) is 98.6 cm³/mol. The van der Waals surface area contributed by atoms with Crippen molar-refractivity contribution in [3.8, 4) is 0 Å². The number of rotatable bonds is 4. The molecule has 26 heavy (non-hydrogen) atoms. The molecule has 3 aliphatic rings. The van der Waals surface area contributed by atoms with Crippen LogP contribution < -0.4 is 0 Å². The summed E-state index contributed by atoms with van der Waals surface area (Å²) in [6, 6.07) is 10.3. The number of carbonyl (C=O) groups is 1. The standard InChI is InChI=1S/C20H26O5S/c1-14(21)23-19-18(26-13-15-8-4-2-5-9-15)17-16(12-22-19)24-20(25-17)10-6-3-7-11-20/h2,4-5,8-9,16-19H,3,6-7,10-13H2,1H3/t16-,17+,18+,19-/m1/s1. The van der Waals surface area contributed by atoms with E-state index in [-0.39, 0.29) is 23.4 Å². The van der Waals surface area contributed by atoms with Crippen molar-refractivity contribution >= 4 is 17.7 Å². The summed E-state index contributed by atoms with van der Waals surface area (Å²) in [6.07, 6.45) is 4.59. The second kappa shape index (κ2) is 7.89. The van der Waals surface area contributed by atoms with E-state index in [4.69, 9.17) is 18.9 Å². The van der Waals surface area contributed by atoms with Crippen LogP contribution in [0.4, 0.5) is 0 Å². The molecule has 2 saturated heterocycles. The summed E-state index contributed by atoms with van der Waals surface area (Å²) in [5, 5.41) is -0.0980. The molecule has 3 fully saturated rings. The molecule has 4 rings (SSSR count). The van der Waals surface area contributed by atoms with E-state index in [1.54, 1.807) is 11.8 Å². The Hall–Kier alpha value is -1.08. The molecule has 0 amide bonds. The first-order chi connectivity index (χ1) is 12.7. The van der Waals surface area contributed by atoms with Crippen molar-refractivity contribution in [2.24, 2.45) is 0 Å². The molecule has 0 aromatic heterocycles. The first-order valence-electron chi connectivity index (χ1n) is 9.45. The van der Waals surface area contributed by atoms with Crippen LogP contribution in [0, 0.1) is 0 Å². The van der Waals surface area contributed by atoms with Crippen molar-refractivity contribution in [3.05, 3.63) is 35.9 Å². The van der Waals surface area contributed by atoms with Crippen LogP contribution >= 0.6 is 11.8 Å². The summed E-state index contributed by atoms with van der Waals surface area (Å²) in [4.78, 5) is 11.5. The summed E-state index contributed by atoms with van der Waals surface area (Å²) in [5.41, 5.74) is 1.23. The van der Waals surface area contributed by atoms with Gasteiger partial charge in [-0.25, -0.2) is 0 Å². The van der Waals surface area contributed by atoms with Gasteiger partial charge in [-0.1, -0.05) is 36.8 Å². The molecule has 5 nitrogen and oxygen atoms in total. The Morgan fingerprint density at radius 3 is 2.69 bits per heavy atom. The van der Waals surface area contributed by atoms with E-state index in [0.717, 1.165) is 31.4 Å². The van der Waals surface area contributed by atoms with Crippen molar-refractivity contribution in [2.45, 2.75) is 74.3 Å². The van der Waals surface area contributed by atoms with Gasteiger partial charge in [0.25, 0.3) is 0 Å². The fourth-order valence-corrected chi connectivity index (χ4v) is 5.36. The molecule has 0 unspecified atom stereocenters. The quantitative estimate of drug-likeness (QED) is 0.746. The van der Waals surface area contributed by atoms with Crippen LogP contribution in [0.15, 0.2) is 30.3 Å². The van der Waals surface area contributed by atoms with Gasteiger partial charge in [0.05, 0.1) is 11.9 Å². The summed E-state index contributed by atoms with van der Waals surface area (Å²) in [5.74, 6) is 0.0184. The number of benzene rings is 1. The van der Waals surface area contributed by atoms with Crippen molar-refractivity contribution < 1.29 is 23.7 Å². The molecule has 1 aromatic rings. The van der Waals surface area contributed by atoms with Crippen molar-refractivity contribution in [1.82, 2.24) is 0 Å². The number of hydrogen-bond acceptors (Lipinski definition) is 6. The minimum absolute atomic E-state index is 0.0896. The molecule has 0 N–H and O–H groups in total. The van der Waals surface area contributed by atoms with Gasteiger partial charge in [0, 0.05) is 25.5 Å². The first-order valence-corrected chi connectivity index (χ1v) is 10.5. The maximum absolute atomic E-state index is 11.5. The lowest BCUT2D eigenvalue weighted by Crippen LogP contribution is -2.51. The highest BCUT2D eigenvalue weighted by Gasteiger charge is 2.55. The maximum atomic E-state index is 11.5. The zero-order valence-electron chi connectivity index (χ0n) is 15.1. The fraction of sp³-hybridized carbons (Fsp3) is 0.650. The minimum Gasteiger partial charge on any atom is -0.435 e. The van der Waals surface area contributed by atoms with Gasteiger partial charge in [-0.2, -0.15) is 0 Å². The second-order valence-electron chi connectivity index (χ2n) is 7.28. The highest BCUT2D eigenvalue weighted by atomic mass is 32.2. The van der Waals surface area contributed by atoms with Crippen molar-refractivity contribution in [1.29, 1.82) is 0 Å². The monoisotopic (exact) mass is 378 g/mol. The lowest BCUT2D eigenvalue weighted by Gasteiger charge is -2.36. The third-order valence-electron chi connectivity index (χ3n) is 5.28. The molecule has 6 heteroatoms. The molecule has 1 saturated carbocycles. The van der Waals surface area contributed by atoms with Gasteiger partial charge in [0.1, 0.15) is 12.2 Å². The fourth-order valence-electron chi connectivity index (χ4n) is 4.07. The van der Waals surface area contributed by atoms with Crippen LogP contribution in [0.5, 0.6) is 0 Å². The molecule has 4 atom stereocenters. The summed E-state index contributed by atoms with van der Waals surface area (Å²) in [7, 11) is 0. The van der Waals surface area contributed by atoms with Crippen LogP contribution in [0.3, 0.4) is 0 Å². The Labute approximate surface area is 158 Å². The van der Waals surface area contributed by atoms with Gasteiger partial charge in [-0.15, -0.1) is 11.8 Å². The van der Waals surface area contributed by atoms with Gasteiger partial charge in [-0.3, -0.25) is 4.79 Å². The van der Waals surface area contributed by atoms with Gasteiger partial charge in [0.2, 0.25) is 6.29 Å². The molecule has 142 valence electrons. The maximum Gasteiger partial charge on any atom is 0.304 e. The molecular weight excluding hydrogens is 352 g/mol. The van der Waals surface area contributed by atoms with E-state index in [1.165, 1.54) is 18.9 Å². The van der Waals surface area contributed by atoms with E-state index in [9.17, 15) is 4.79 Å². The number of fused-ring (bicyclic) bond motifs is 1. The molecule has 1 aromatic carbocycles. The Bertz CT molecular complexity index is 616. The predicted octanol–water partition coefficient (Wildman–Crippen LogP) is 3.65. The molecule has 2 aliphatic heterocycles. The molecular formula is C20H26O5S. The Kier molecular flexibility index (Phi) is 5.55. The van der Waals surface area contributed by atoms with Crippen LogP contribution in [-0.4, -0.2) is 42.1 Å². The number of ether oxygens (including phenoxy) is 4. The zero-order valence-corrected chi connectivity index (χ0v) is 15.9. The normalized spacial score (nSPS) is 33.0. The summed E-state index contributed by atoms with van der Waals surface area (Å²) < 4.78 is 24.1.